The van der Waals surface area contributed by atoms with Crippen molar-refractivity contribution in [2.24, 2.45) is 5.92 Å². The minimum Gasteiger partial charge on any atom is -0.496 e. The fourth-order valence-corrected chi connectivity index (χ4v) is 4.22. The molecule has 2 aromatic heterocycles. The van der Waals surface area contributed by atoms with Crippen LogP contribution in [0, 0.1) is 12.8 Å². The van der Waals surface area contributed by atoms with Gasteiger partial charge in [0.25, 0.3) is 11.5 Å². The topological polar surface area (TPSA) is 76.7 Å². The summed E-state index contributed by atoms with van der Waals surface area (Å²) in [6.45, 7) is 12.1. The number of nitrogens with zero attached hydrogens (tertiary/aromatic N) is 2. The molecule has 0 aromatic carbocycles. The van der Waals surface area contributed by atoms with E-state index in [2.05, 4.69) is 31.0 Å². The summed E-state index contributed by atoms with van der Waals surface area (Å²) in [5.74, 6) is 2.99. The van der Waals surface area contributed by atoms with Gasteiger partial charge in [-0.2, -0.15) is 0 Å². The molecule has 32 heavy (non-hydrogen) atoms. The molecular formula is C25H37N3O4. The molecule has 1 aliphatic rings. The average molecular weight is 444 g/mol. The minimum absolute atomic E-state index is 0.114. The number of carbonyl (C=O) groups is 1. The monoisotopic (exact) mass is 443 g/mol. The minimum atomic E-state index is -0.165. The van der Waals surface area contributed by atoms with Crippen LogP contribution in [0.15, 0.2) is 27.4 Å². The highest BCUT2D eigenvalue weighted by molar-refractivity contribution is 5.98. The Balaban J connectivity index is 1.72. The van der Waals surface area contributed by atoms with Crippen molar-refractivity contribution in [3.05, 3.63) is 51.3 Å². The van der Waals surface area contributed by atoms with E-state index in [0.29, 0.717) is 42.7 Å². The van der Waals surface area contributed by atoms with Gasteiger partial charge in [-0.05, 0) is 44.4 Å². The van der Waals surface area contributed by atoms with E-state index in [-0.39, 0.29) is 11.5 Å². The molecule has 0 aliphatic carbocycles. The van der Waals surface area contributed by atoms with Gasteiger partial charge in [-0.15, -0.1) is 0 Å². The summed E-state index contributed by atoms with van der Waals surface area (Å²) in [7, 11) is 1.51. The third kappa shape index (κ3) is 5.82. The van der Waals surface area contributed by atoms with Gasteiger partial charge in [-0.3, -0.25) is 9.59 Å². The van der Waals surface area contributed by atoms with Crippen LogP contribution in [0.1, 0.15) is 67.1 Å². The van der Waals surface area contributed by atoms with Crippen molar-refractivity contribution < 1.29 is 13.9 Å². The zero-order valence-corrected chi connectivity index (χ0v) is 20.1. The first kappa shape index (κ1) is 24.1. The number of fused-ring (bicyclic) bond motifs is 1. The number of ether oxygens (including phenoxy) is 1. The zero-order chi connectivity index (χ0) is 23.3. The molecule has 1 N–H and O–H groups in total. The maximum Gasteiger partial charge on any atom is 0.256 e. The summed E-state index contributed by atoms with van der Waals surface area (Å²) in [6.07, 6.45) is 2.52. The molecule has 0 bridgehead atoms. The standard InChI is InChI=1S/C25H37N3O4/c1-17(2)8-11-26-25(30)24-20-10-13-27(12-9-18(3)21-7-6-19(4)32-21)14-15-28(20)23(29)16-22(24)31-5/h6-7,16-18H,8-15H2,1-5H3,(H,26,30)/t18-/m1/s1. The molecule has 1 aliphatic heterocycles. The Bertz CT molecular complexity index is 976. The summed E-state index contributed by atoms with van der Waals surface area (Å²) in [4.78, 5) is 28.1. The lowest BCUT2D eigenvalue weighted by atomic mass is 10.0. The van der Waals surface area contributed by atoms with Crippen LogP contribution in [0.2, 0.25) is 0 Å². The third-order valence-electron chi connectivity index (χ3n) is 6.27. The van der Waals surface area contributed by atoms with Crippen LogP contribution in [-0.2, 0) is 13.0 Å². The Hall–Kier alpha value is -2.54. The Labute approximate surface area is 190 Å². The molecule has 1 atom stereocenters. The molecule has 7 nitrogen and oxygen atoms in total. The molecule has 3 rings (SSSR count). The Kier molecular flexibility index (Phi) is 8.18. The molecule has 0 fully saturated rings. The van der Waals surface area contributed by atoms with Crippen LogP contribution < -0.4 is 15.6 Å². The number of hydrogen-bond donors (Lipinski definition) is 1. The number of pyridine rings is 1. The smallest absolute Gasteiger partial charge is 0.256 e. The normalized spacial score (nSPS) is 15.3. The van der Waals surface area contributed by atoms with Gasteiger partial charge in [0, 0.05) is 50.3 Å². The Morgan fingerprint density at radius 3 is 2.62 bits per heavy atom. The maximum atomic E-state index is 13.0. The van der Waals surface area contributed by atoms with Crippen LogP contribution in [0.4, 0.5) is 0 Å². The van der Waals surface area contributed by atoms with E-state index in [1.165, 1.54) is 13.2 Å². The number of furan rings is 1. The van der Waals surface area contributed by atoms with Crippen molar-refractivity contribution in [3.63, 3.8) is 0 Å². The van der Waals surface area contributed by atoms with Crippen LogP contribution in [0.5, 0.6) is 5.75 Å². The Morgan fingerprint density at radius 1 is 1.19 bits per heavy atom. The molecule has 0 radical (unpaired) electrons. The molecule has 3 heterocycles. The first-order valence-corrected chi connectivity index (χ1v) is 11.7. The second kappa shape index (κ2) is 10.9. The van der Waals surface area contributed by atoms with Crippen molar-refractivity contribution in [3.8, 4) is 5.75 Å². The lowest BCUT2D eigenvalue weighted by Gasteiger charge is -2.21. The summed E-state index contributed by atoms with van der Waals surface area (Å²) >= 11 is 0. The van der Waals surface area contributed by atoms with E-state index in [9.17, 15) is 9.59 Å². The van der Waals surface area contributed by atoms with Gasteiger partial charge in [-0.1, -0.05) is 20.8 Å². The van der Waals surface area contributed by atoms with E-state index in [0.717, 1.165) is 49.7 Å². The molecule has 0 saturated carbocycles. The number of nitrogens with one attached hydrogen (secondary N) is 1. The summed E-state index contributed by atoms with van der Waals surface area (Å²) in [5.41, 5.74) is 1.16. The third-order valence-corrected chi connectivity index (χ3v) is 6.27. The van der Waals surface area contributed by atoms with Crippen LogP contribution in [0.3, 0.4) is 0 Å². The van der Waals surface area contributed by atoms with Gasteiger partial charge >= 0.3 is 0 Å². The SMILES string of the molecule is COc1cc(=O)n2c(c1C(=O)NCCC(C)C)CCN(CC[C@@H](C)c1ccc(C)o1)CC2. The first-order chi connectivity index (χ1) is 15.3. The summed E-state index contributed by atoms with van der Waals surface area (Å²) in [6, 6.07) is 5.49. The number of aryl methyl sites for hydroxylation is 1. The molecule has 176 valence electrons. The predicted octanol–water partition coefficient (Wildman–Crippen LogP) is 3.59. The highest BCUT2D eigenvalue weighted by Gasteiger charge is 2.25. The number of aromatic nitrogens is 1. The Morgan fingerprint density at radius 2 is 1.97 bits per heavy atom. The van der Waals surface area contributed by atoms with Crippen molar-refractivity contribution >= 4 is 5.91 Å². The second-order valence-electron chi connectivity index (χ2n) is 9.19. The maximum absolute atomic E-state index is 13.0. The van der Waals surface area contributed by atoms with E-state index < -0.39 is 0 Å². The van der Waals surface area contributed by atoms with E-state index in [1.807, 2.05) is 19.1 Å². The molecule has 0 saturated heterocycles. The number of carbonyl (C=O) groups excluding carboxylic acids is 1. The zero-order valence-electron chi connectivity index (χ0n) is 20.1. The molecule has 7 heteroatoms. The fourth-order valence-electron chi connectivity index (χ4n) is 4.22. The van der Waals surface area contributed by atoms with Crippen molar-refractivity contribution in [1.82, 2.24) is 14.8 Å². The number of rotatable bonds is 9. The van der Waals surface area contributed by atoms with E-state index in [4.69, 9.17) is 9.15 Å². The second-order valence-corrected chi connectivity index (χ2v) is 9.19. The highest BCUT2D eigenvalue weighted by atomic mass is 16.5. The van der Waals surface area contributed by atoms with Gasteiger partial charge in [-0.25, -0.2) is 0 Å². The molecule has 1 amide bonds. The van der Waals surface area contributed by atoms with Crippen LogP contribution in [-0.4, -0.2) is 48.7 Å². The van der Waals surface area contributed by atoms with Gasteiger partial charge in [0.15, 0.2) is 0 Å². The average Bonchev–Trinajstić information content (AvgIpc) is 3.07. The molecular weight excluding hydrogens is 406 g/mol. The largest absolute Gasteiger partial charge is 0.496 e. The first-order valence-electron chi connectivity index (χ1n) is 11.7. The number of hydrogen-bond acceptors (Lipinski definition) is 5. The quantitative estimate of drug-likeness (QED) is 0.641. The van der Waals surface area contributed by atoms with Crippen LogP contribution in [0.25, 0.3) is 0 Å². The summed E-state index contributed by atoms with van der Waals surface area (Å²) < 4.78 is 13.0. The molecule has 2 aromatic rings. The van der Waals surface area contributed by atoms with E-state index >= 15 is 0 Å². The van der Waals surface area contributed by atoms with Gasteiger partial charge in [0.05, 0.1) is 7.11 Å². The van der Waals surface area contributed by atoms with Crippen molar-refractivity contribution in [2.75, 3.05) is 33.3 Å². The number of methoxy groups -OCH3 is 1. The van der Waals surface area contributed by atoms with Crippen LogP contribution >= 0.6 is 0 Å². The fraction of sp³-hybridized carbons (Fsp3) is 0.600. The lowest BCUT2D eigenvalue weighted by Crippen LogP contribution is -2.32. The van der Waals surface area contributed by atoms with Gasteiger partial charge in [0.2, 0.25) is 0 Å². The number of amides is 1. The lowest BCUT2D eigenvalue weighted by molar-refractivity contribution is 0.0946. The van der Waals surface area contributed by atoms with E-state index in [1.54, 1.807) is 4.57 Å². The van der Waals surface area contributed by atoms with Gasteiger partial charge < -0.3 is 23.9 Å². The molecule has 0 unspecified atom stereocenters. The van der Waals surface area contributed by atoms with Crippen molar-refractivity contribution in [2.45, 2.75) is 59.4 Å². The predicted molar refractivity (Wildman–Crippen MR) is 126 cm³/mol. The highest BCUT2D eigenvalue weighted by Crippen LogP contribution is 2.24. The summed E-state index contributed by atoms with van der Waals surface area (Å²) in [5, 5.41) is 3.01. The van der Waals surface area contributed by atoms with Gasteiger partial charge in [0.1, 0.15) is 22.8 Å². The molecule has 0 spiro atoms. The van der Waals surface area contributed by atoms with Crippen molar-refractivity contribution in [1.29, 1.82) is 0 Å².